The molecule has 2 aromatic rings. The van der Waals surface area contributed by atoms with E-state index in [-0.39, 0.29) is 12.5 Å². The van der Waals surface area contributed by atoms with Crippen LogP contribution in [0.5, 0.6) is 5.75 Å². The minimum absolute atomic E-state index is 0.174. The van der Waals surface area contributed by atoms with Crippen molar-refractivity contribution in [3.05, 3.63) is 29.6 Å². The second kappa shape index (κ2) is 5.13. The summed E-state index contributed by atoms with van der Waals surface area (Å²) in [5.41, 5.74) is 6.48. The number of nitrogen functional groups attached to an aromatic ring is 1. The van der Waals surface area contributed by atoms with E-state index in [4.69, 9.17) is 10.5 Å². The highest BCUT2D eigenvalue weighted by atomic mass is 16.5. The maximum Gasteiger partial charge on any atom is 0.255 e. The number of anilines is 1. The number of aromatic amines is 1. The average Bonchev–Trinajstić information content (AvgIpc) is 2.88. The number of hydrogen-bond acceptors (Lipinski definition) is 6. The molecule has 18 heavy (non-hydrogen) atoms. The van der Waals surface area contributed by atoms with E-state index in [0.29, 0.717) is 22.8 Å². The number of amides is 1. The summed E-state index contributed by atoms with van der Waals surface area (Å²) < 4.78 is 5.10. The van der Waals surface area contributed by atoms with Crippen LogP contribution in [0.2, 0.25) is 0 Å². The van der Waals surface area contributed by atoms with Crippen LogP contribution < -0.4 is 15.8 Å². The van der Waals surface area contributed by atoms with E-state index in [9.17, 15) is 4.79 Å². The maximum absolute atomic E-state index is 11.9. The number of H-pyrrole nitrogens is 1. The molecule has 0 spiro atoms. The molecule has 0 unspecified atom stereocenters. The predicted octanol–water partition coefficient (Wildman–Crippen LogP) is -0.280. The molecule has 2 rings (SSSR count). The molecule has 0 aliphatic carbocycles. The maximum atomic E-state index is 11.9. The first-order valence-electron chi connectivity index (χ1n) is 5.15. The van der Waals surface area contributed by atoms with E-state index < -0.39 is 0 Å². The fraction of sp³-hybridized carbons (Fsp3) is 0.200. The summed E-state index contributed by atoms with van der Waals surface area (Å²) >= 11 is 0. The van der Waals surface area contributed by atoms with Gasteiger partial charge in [-0.1, -0.05) is 11.3 Å². The number of nitrogens with zero attached hydrogens (tertiary/aromatic N) is 3. The summed E-state index contributed by atoms with van der Waals surface area (Å²) in [6, 6.07) is 4.97. The molecule has 8 nitrogen and oxygen atoms in total. The molecule has 0 aliphatic heterocycles. The molecule has 1 aromatic carbocycles. The minimum Gasteiger partial charge on any atom is -0.494 e. The average molecular weight is 248 g/mol. The summed E-state index contributed by atoms with van der Waals surface area (Å²) in [6.45, 7) is 0.174. The number of methoxy groups -OCH3 is 1. The van der Waals surface area contributed by atoms with Crippen molar-refractivity contribution in [2.45, 2.75) is 6.54 Å². The molecule has 0 aliphatic rings. The topological polar surface area (TPSA) is 119 Å². The molecule has 4 N–H and O–H groups in total. The lowest BCUT2D eigenvalue weighted by molar-refractivity contribution is 0.0947. The highest BCUT2D eigenvalue weighted by molar-refractivity contribution is 5.98. The van der Waals surface area contributed by atoms with Gasteiger partial charge < -0.3 is 15.8 Å². The van der Waals surface area contributed by atoms with Crippen molar-refractivity contribution in [2.75, 3.05) is 12.8 Å². The van der Waals surface area contributed by atoms with Crippen LogP contribution in [0.15, 0.2) is 18.2 Å². The lowest BCUT2D eigenvalue weighted by Crippen LogP contribution is -2.24. The summed E-state index contributed by atoms with van der Waals surface area (Å²) in [6.07, 6.45) is 0. The molecule has 1 heterocycles. The Labute approximate surface area is 103 Å². The molecule has 1 aromatic heterocycles. The summed E-state index contributed by atoms with van der Waals surface area (Å²) in [5.74, 6) is 0.429. The van der Waals surface area contributed by atoms with E-state index in [1.807, 2.05) is 0 Å². The Morgan fingerprint density at radius 3 is 3.06 bits per heavy atom. The predicted molar refractivity (Wildman–Crippen MR) is 62.8 cm³/mol. The van der Waals surface area contributed by atoms with Gasteiger partial charge in [0.05, 0.1) is 24.9 Å². The minimum atomic E-state index is -0.316. The van der Waals surface area contributed by atoms with Gasteiger partial charge in [0, 0.05) is 0 Å². The number of rotatable bonds is 4. The molecule has 8 heteroatoms. The zero-order valence-corrected chi connectivity index (χ0v) is 9.67. The zero-order chi connectivity index (χ0) is 13.0. The van der Waals surface area contributed by atoms with Crippen molar-refractivity contribution in [1.82, 2.24) is 25.9 Å². The molecule has 0 atom stereocenters. The number of para-hydroxylation sites is 1. The molecule has 0 saturated heterocycles. The van der Waals surface area contributed by atoms with Gasteiger partial charge in [0.15, 0.2) is 11.6 Å². The molecular formula is C10H12N6O2. The van der Waals surface area contributed by atoms with Crippen LogP contribution in [0.4, 0.5) is 5.69 Å². The van der Waals surface area contributed by atoms with Crippen LogP contribution in [-0.4, -0.2) is 33.6 Å². The van der Waals surface area contributed by atoms with Crippen LogP contribution in [-0.2, 0) is 6.54 Å². The second-order valence-corrected chi connectivity index (χ2v) is 3.44. The molecule has 94 valence electrons. The van der Waals surface area contributed by atoms with Crippen molar-refractivity contribution >= 4 is 11.6 Å². The van der Waals surface area contributed by atoms with Gasteiger partial charge in [-0.25, -0.2) is 0 Å². The van der Waals surface area contributed by atoms with Crippen LogP contribution in [0.25, 0.3) is 0 Å². The SMILES string of the molecule is COc1c(N)cccc1C(=O)NCc1nn[nH]n1. The Kier molecular flexibility index (Phi) is 3.37. The highest BCUT2D eigenvalue weighted by Crippen LogP contribution is 2.25. The van der Waals surface area contributed by atoms with Crippen LogP contribution in [0.3, 0.4) is 0 Å². The number of ether oxygens (including phenoxy) is 1. The monoisotopic (exact) mass is 248 g/mol. The number of benzene rings is 1. The summed E-state index contributed by atoms with van der Waals surface area (Å²) in [4.78, 5) is 11.9. The van der Waals surface area contributed by atoms with Crippen molar-refractivity contribution < 1.29 is 9.53 Å². The molecule has 0 saturated carbocycles. The number of hydrogen-bond donors (Lipinski definition) is 3. The first kappa shape index (κ1) is 11.8. The number of tetrazole rings is 1. The quantitative estimate of drug-likeness (QED) is 0.640. The first-order valence-corrected chi connectivity index (χ1v) is 5.15. The molecule has 0 fully saturated rings. The van der Waals surface area contributed by atoms with Crippen LogP contribution in [0.1, 0.15) is 16.2 Å². The Morgan fingerprint density at radius 1 is 1.56 bits per heavy atom. The van der Waals surface area contributed by atoms with E-state index in [1.165, 1.54) is 7.11 Å². The Bertz CT molecular complexity index is 539. The van der Waals surface area contributed by atoms with Gasteiger partial charge in [-0.15, -0.1) is 10.2 Å². The largest absolute Gasteiger partial charge is 0.494 e. The number of carbonyl (C=O) groups is 1. The van der Waals surface area contributed by atoms with E-state index >= 15 is 0 Å². The third-order valence-electron chi connectivity index (χ3n) is 2.29. The summed E-state index contributed by atoms with van der Waals surface area (Å²) in [7, 11) is 1.46. The third kappa shape index (κ3) is 2.37. The number of nitrogens with one attached hydrogen (secondary N) is 2. The highest BCUT2D eigenvalue weighted by Gasteiger charge is 2.14. The van der Waals surface area contributed by atoms with Gasteiger partial charge in [-0.2, -0.15) is 5.21 Å². The zero-order valence-electron chi connectivity index (χ0n) is 9.67. The summed E-state index contributed by atoms with van der Waals surface area (Å²) in [5, 5.41) is 15.8. The normalized spacial score (nSPS) is 10.1. The van der Waals surface area contributed by atoms with E-state index in [1.54, 1.807) is 18.2 Å². The van der Waals surface area contributed by atoms with E-state index in [2.05, 4.69) is 25.9 Å². The fourth-order valence-corrected chi connectivity index (χ4v) is 1.47. The number of aromatic nitrogens is 4. The third-order valence-corrected chi connectivity index (χ3v) is 2.29. The van der Waals surface area contributed by atoms with Crippen LogP contribution >= 0.6 is 0 Å². The van der Waals surface area contributed by atoms with Gasteiger partial charge in [-0.3, -0.25) is 4.79 Å². The van der Waals surface area contributed by atoms with Crippen molar-refractivity contribution in [3.8, 4) is 5.75 Å². The first-order chi connectivity index (χ1) is 8.72. The second-order valence-electron chi connectivity index (χ2n) is 3.44. The standard InChI is InChI=1S/C10H12N6O2/c1-18-9-6(3-2-4-7(9)11)10(17)12-5-8-13-15-16-14-8/h2-4H,5,11H2,1H3,(H,12,17)(H,13,14,15,16). The smallest absolute Gasteiger partial charge is 0.255 e. The Hall–Kier alpha value is -2.64. The molecule has 0 radical (unpaired) electrons. The lowest BCUT2D eigenvalue weighted by atomic mass is 10.1. The van der Waals surface area contributed by atoms with Gasteiger partial charge >= 0.3 is 0 Å². The van der Waals surface area contributed by atoms with E-state index in [0.717, 1.165) is 0 Å². The molecule has 1 amide bonds. The fourth-order valence-electron chi connectivity index (χ4n) is 1.47. The van der Waals surface area contributed by atoms with Gasteiger partial charge in [0.2, 0.25) is 0 Å². The van der Waals surface area contributed by atoms with Crippen LogP contribution in [0, 0.1) is 0 Å². The van der Waals surface area contributed by atoms with Crippen molar-refractivity contribution in [2.24, 2.45) is 0 Å². The van der Waals surface area contributed by atoms with Gasteiger partial charge in [0.25, 0.3) is 5.91 Å². The molecular weight excluding hydrogens is 236 g/mol. The van der Waals surface area contributed by atoms with Crippen molar-refractivity contribution in [3.63, 3.8) is 0 Å². The van der Waals surface area contributed by atoms with Gasteiger partial charge in [-0.05, 0) is 12.1 Å². The molecule has 0 bridgehead atoms. The Balaban J connectivity index is 2.11. The van der Waals surface area contributed by atoms with Crippen molar-refractivity contribution in [1.29, 1.82) is 0 Å². The Morgan fingerprint density at radius 2 is 2.39 bits per heavy atom. The van der Waals surface area contributed by atoms with Gasteiger partial charge in [0.1, 0.15) is 0 Å². The number of nitrogens with two attached hydrogens (primary N) is 1. The number of carbonyl (C=O) groups excluding carboxylic acids is 1. The lowest BCUT2D eigenvalue weighted by Gasteiger charge is -2.10.